The molecule has 3 aromatic rings. The van der Waals surface area contributed by atoms with Crippen LogP contribution in [-0.4, -0.2) is 13.2 Å². The third kappa shape index (κ3) is 5.65. The largest absolute Gasteiger partial charge is 0.348 e. The van der Waals surface area contributed by atoms with Crippen LogP contribution in [0.2, 0.25) is 0 Å². The van der Waals surface area contributed by atoms with Crippen LogP contribution >= 0.6 is 0 Å². The van der Waals surface area contributed by atoms with Crippen molar-refractivity contribution in [2.45, 2.75) is 58.7 Å². The number of hydrogen-bond donors (Lipinski definition) is 0. The van der Waals surface area contributed by atoms with Crippen molar-refractivity contribution in [1.29, 1.82) is 0 Å². The van der Waals surface area contributed by atoms with Crippen molar-refractivity contribution >= 4 is 0 Å². The summed E-state index contributed by atoms with van der Waals surface area (Å²) in [5.41, 5.74) is 1.48. The average Bonchev–Trinajstić information content (AvgIpc) is 2.89. The summed E-state index contributed by atoms with van der Waals surface area (Å²) < 4.78 is 70.6. The summed E-state index contributed by atoms with van der Waals surface area (Å²) >= 11 is 0. The molecule has 0 radical (unpaired) electrons. The molecule has 0 spiro atoms. The van der Waals surface area contributed by atoms with Gasteiger partial charge in [-0.15, -0.1) is 0 Å². The van der Waals surface area contributed by atoms with Crippen molar-refractivity contribution in [2.24, 2.45) is 5.92 Å². The van der Waals surface area contributed by atoms with Gasteiger partial charge in [-0.05, 0) is 36.0 Å². The SMILES string of the molecule is CCCCCc1ccc(-c2ccc(-c3ccc(C4OCC(CCC)CO4)c(F)c3F)cc2)c(F)c1F. The molecule has 192 valence electrons. The minimum Gasteiger partial charge on any atom is -0.348 e. The summed E-state index contributed by atoms with van der Waals surface area (Å²) in [6, 6.07) is 12.4. The van der Waals surface area contributed by atoms with E-state index in [0.29, 0.717) is 36.3 Å². The molecule has 0 N–H and O–H groups in total. The molecule has 0 unspecified atom stereocenters. The zero-order valence-corrected chi connectivity index (χ0v) is 20.8. The van der Waals surface area contributed by atoms with Gasteiger partial charge in [-0.25, -0.2) is 17.6 Å². The molecule has 6 heteroatoms. The number of halogens is 4. The highest BCUT2D eigenvalue weighted by atomic mass is 19.2. The third-order valence-electron chi connectivity index (χ3n) is 6.75. The number of aryl methyl sites for hydroxylation is 1. The fraction of sp³-hybridized carbons (Fsp3) is 0.400. The van der Waals surface area contributed by atoms with E-state index in [2.05, 4.69) is 13.8 Å². The zero-order chi connectivity index (χ0) is 25.7. The topological polar surface area (TPSA) is 18.5 Å². The molecule has 2 nitrogen and oxygen atoms in total. The Bertz CT molecular complexity index is 1170. The number of unbranched alkanes of at least 4 members (excludes halogenated alkanes) is 2. The number of benzene rings is 3. The Hall–Kier alpha value is -2.70. The Morgan fingerprint density at radius 3 is 1.83 bits per heavy atom. The highest BCUT2D eigenvalue weighted by Crippen LogP contribution is 2.35. The van der Waals surface area contributed by atoms with Gasteiger partial charge in [-0.2, -0.15) is 0 Å². The van der Waals surface area contributed by atoms with Crippen molar-refractivity contribution < 1.29 is 27.0 Å². The monoisotopic (exact) mass is 500 g/mol. The van der Waals surface area contributed by atoms with Crippen LogP contribution in [0.4, 0.5) is 17.6 Å². The second-order valence-corrected chi connectivity index (χ2v) is 9.42. The van der Waals surface area contributed by atoms with E-state index in [9.17, 15) is 13.2 Å². The van der Waals surface area contributed by atoms with E-state index in [1.807, 2.05) is 0 Å². The second kappa shape index (κ2) is 12.0. The zero-order valence-electron chi connectivity index (χ0n) is 20.8. The van der Waals surface area contributed by atoms with Gasteiger partial charge in [0.1, 0.15) is 0 Å². The molecule has 0 atom stereocenters. The van der Waals surface area contributed by atoms with Crippen LogP contribution in [0, 0.1) is 29.2 Å². The van der Waals surface area contributed by atoms with Gasteiger partial charge in [-0.3, -0.25) is 0 Å². The molecule has 0 aromatic heterocycles. The molecule has 36 heavy (non-hydrogen) atoms. The van der Waals surface area contributed by atoms with Gasteiger partial charge in [0.05, 0.1) is 13.2 Å². The highest BCUT2D eigenvalue weighted by molar-refractivity contribution is 5.71. The van der Waals surface area contributed by atoms with Gasteiger partial charge in [0.15, 0.2) is 29.6 Å². The maximum atomic E-state index is 15.0. The predicted octanol–water partition coefficient (Wildman–Crippen LogP) is 8.77. The molecular weight excluding hydrogens is 468 g/mol. The standard InChI is InChI=1S/C30H32F4O2/c1-3-5-6-8-22-13-14-23(27(32)26(22)31)20-9-11-21(12-10-20)24-15-16-25(29(34)28(24)33)30-35-17-19(7-4-2)18-36-30/h9-16,19,30H,3-8,17-18H2,1-2H3. The molecule has 0 bridgehead atoms. The fourth-order valence-electron chi connectivity index (χ4n) is 4.67. The first kappa shape index (κ1) is 26.4. The van der Waals surface area contributed by atoms with E-state index in [0.717, 1.165) is 32.1 Å². The Labute approximate surface area is 210 Å². The predicted molar refractivity (Wildman–Crippen MR) is 133 cm³/mol. The minimum absolute atomic E-state index is 0.0272. The normalized spacial score (nSPS) is 17.9. The van der Waals surface area contributed by atoms with Crippen molar-refractivity contribution in [3.05, 3.63) is 82.9 Å². The molecule has 1 saturated heterocycles. The van der Waals surface area contributed by atoms with Gasteiger partial charge in [0.2, 0.25) is 0 Å². The van der Waals surface area contributed by atoms with Crippen molar-refractivity contribution in [1.82, 2.24) is 0 Å². The first-order valence-corrected chi connectivity index (χ1v) is 12.7. The van der Waals surface area contributed by atoms with Crippen LogP contribution < -0.4 is 0 Å². The van der Waals surface area contributed by atoms with E-state index < -0.39 is 29.6 Å². The first-order chi connectivity index (χ1) is 17.4. The Morgan fingerprint density at radius 2 is 1.25 bits per heavy atom. The van der Waals surface area contributed by atoms with Gasteiger partial charge in [-0.1, -0.05) is 81.6 Å². The summed E-state index contributed by atoms with van der Waals surface area (Å²) in [5, 5.41) is 0. The number of ether oxygens (including phenoxy) is 2. The Morgan fingerprint density at radius 1 is 0.667 bits per heavy atom. The molecule has 1 aliphatic rings. The van der Waals surface area contributed by atoms with E-state index in [1.165, 1.54) is 12.1 Å². The Kier molecular flexibility index (Phi) is 8.81. The lowest BCUT2D eigenvalue weighted by Crippen LogP contribution is -2.27. The molecular formula is C30H32F4O2. The maximum absolute atomic E-state index is 15.0. The average molecular weight is 501 g/mol. The lowest BCUT2D eigenvalue weighted by atomic mass is 9.96. The second-order valence-electron chi connectivity index (χ2n) is 9.42. The Balaban J connectivity index is 1.52. The first-order valence-electron chi connectivity index (χ1n) is 12.7. The lowest BCUT2D eigenvalue weighted by Gasteiger charge is -2.29. The van der Waals surface area contributed by atoms with Crippen LogP contribution in [0.5, 0.6) is 0 Å². The van der Waals surface area contributed by atoms with Gasteiger partial charge < -0.3 is 9.47 Å². The van der Waals surface area contributed by atoms with Crippen LogP contribution in [0.25, 0.3) is 22.3 Å². The van der Waals surface area contributed by atoms with Crippen molar-refractivity contribution in [3.8, 4) is 22.3 Å². The van der Waals surface area contributed by atoms with E-state index in [1.54, 1.807) is 36.4 Å². The maximum Gasteiger partial charge on any atom is 0.186 e. The van der Waals surface area contributed by atoms with Crippen LogP contribution in [0.3, 0.4) is 0 Å². The molecule has 0 amide bonds. The van der Waals surface area contributed by atoms with Crippen molar-refractivity contribution in [3.63, 3.8) is 0 Å². The van der Waals surface area contributed by atoms with E-state index in [4.69, 9.17) is 9.47 Å². The molecule has 1 aliphatic heterocycles. The summed E-state index contributed by atoms with van der Waals surface area (Å²) in [5.74, 6) is -3.48. The van der Waals surface area contributed by atoms with E-state index in [-0.39, 0.29) is 22.6 Å². The van der Waals surface area contributed by atoms with Crippen molar-refractivity contribution in [2.75, 3.05) is 13.2 Å². The molecule has 1 fully saturated rings. The van der Waals surface area contributed by atoms with Crippen LogP contribution in [0.15, 0.2) is 48.5 Å². The summed E-state index contributed by atoms with van der Waals surface area (Å²) in [6.45, 7) is 5.02. The number of rotatable bonds is 9. The quantitative estimate of drug-likeness (QED) is 0.216. The molecule has 4 rings (SSSR count). The third-order valence-corrected chi connectivity index (χ3v) is 6.75. The molecule has 1 heterocycles. The molecule has 0 saturated carbocycles. The van der Waals surface area contributed by atoms with Crippen LogP contribution in [0.1, 0.15) is 63.4 Å². The fourth-order valence-corrected chi connectivity index (χ4v) is 4.67. The smallest absolute Gasteiger partial charge is 0.186 e. The van der Waals surface area contributed by atoms with Crippen LogP contribution in [-0.2, 0) is 15.9 Å². The number of hydrogen-bond acceptors (Lipinski definition) is 2. The summed E-state index contributed by atoms with van der Waals surface area (Å²) in [6.07, 6.45) is 4.29. The lowest BCUT2D eigenvalue weighted by molar-refractivity contribution is -0.207. The van der Waals surface area contributed by atoms with E-state index >= 15 is 4.39 Å². The van der Waals surface area contributed by atoms with Gasteiger partial charge in [0.25, 0.3) is 0 Å². The van der Waals surface area contributed by atoms with Gasteiger partial charge >= 0.3 is 0 Å². The van der Waals surface area contributed by atoms with Gasteiger partial charge in [0, 0.05) is 22.6 Å². The summed E-state index contributed by atoms with van der Waals surface area (Å²) in [4.78, 5) is 0. The minimum atomic E-state index is -1.01. The molecule has 3 aromatic carbocycles. The highest BCUT2D eigenvalue weighted by Gasteiger charge is 2.27. The summed E-state index contributed by atoms with van der Waals surface area (Å²) in [7, 11) is 0. The molecule has 0 aliphatic carbocycles.